The van der Waals surface area contributed by atoms with Gasteiger partial charge in [0.15, 0.2) is 0 Å². The molecule has 0 unspecified atom stereocenters. The number of likely N-dealkylation sites (tertiary alicyclic amines) is 1. The molecule has 1 saturated carbocycles. The Hall–Kier alpha value is -1.36. The Labute approximate surface area is 139 Å². The number of aromatic nitrogens is 2. The topological polar surface area (TPSA) is 64.2 Å². The summed E-state index contributed by atoms with van der Waals surface area (Å²) in [6, 6.07) is 2.35. The van der Waals surface area contributed by atoms with Gasteiger partial charge in [-0.3, -0.25) is 9.48 Å². The highest BCUT2D eigenvalue weighted by molar-refractivity contribution is 5.79. The van der Waals surface area contributed by atoms with Gasteiger partial charge in [0, 0.05) is 37.3 Å². The lowest BCUT2D eigenvalue weighted by atomic mass is 9.84. The summed E-state index contributed by atoms with van der Waals surface area (Å²) in [5.41, 5.74) is 8.36. The standard InChI is InChI=1S/C18H30N4O/c1-13-10-14(2)22(20-13)12-15-6-8-21(9-7-15)18(23)16-4-3-5-17(19)11-16/h10,15-17H,3-9,11-12,19H2,1-2H3/t16-,17-/m0/s1. The first kappa shape index (κ1) is 16.5. The molecule has 2 N–H and O–H groups in total. The van der Waals surface area contributed by atoms with Crippen LogP contribution >= 0.6 is 0 Å². The Kier molecular flexibility index (Phi) is 5.05. The molecule has 1 aromatic heterocycles. The number of piperidine rings is 1. The summed E-state index contributed by atoms with van der Waals surface area (Å²) in [5.74, 6) is 1.15. The Bertz CT molecular complexity index is 545. The maximum atomic E-state index is 12.7. The quantitative estimate of drug-likeness (QED) is 0.930. The largest absolute Gasteiger partial charge is 0.342 e. The number of amides is 1. The number of rotatable bonds is 3. The monoisotopic (exact) mass is 318 g/mol. The van der Waals surface area contributed by atoms with Crippen LogP contribution < -0.4 is 5.73 Å². The van der Waals surface area contributed by atoms with Crippen LogP contribution in [0.1, 0.15) is 49.9 Å². The number of carbonyl (C=O) groups is 1. The maximum Gasteiger partial charge on any atom is 0.225 e. The summed E-state index contributed by atoms with van der Waals surface area (Å²) in [5, 5.41) is 4.56. The second-order valence-electron chi connectivity index (χ2n) is 7.50. The summed E-state index contributed by atoms with van der Waals surface area (Å²) < 4.78 is 2.12. The van der Waals surface area contributed by atoms with E-state index in [9.17, 15) is 4.79 Å². The fourth-order valence-electron chi connectivity index (χ4n) is 4.15. The molecule has 5 heteroatoms. The predicted molar refractivity (Wildman–Crippen MR) is 90.9 cm³/mol. The van der Waals surface area contributed by atoms with E-state index >= 15 is 0 Å². The fraction of sp³-hybridized carbons (Fsp3) is 0.778. The molecule has 2 atom stereocenters. The van der Waals surface area contributed by atoms with Crippen molar-refractivity contribution in [2.24, 2.45) is 17.6 Å². The third kappa shape index (κ3) is 3.94. The molecule has 1 saturated heterocycles. The number of carbonyl (C=O) groups excluding carboxylic acids is 1. The minimum absolute atomic E-state index is 0.173. The first-order chi connectivity index (χ1) is 11.0. The van der Waals surface area contributed by atoms with Crippen molar-refractivity contribution in [3.8, 4) is 0 Å². The van der Waals surface area contributed by atoms with Crippen molar-refractivity contribution in [3.63, 3.8) is 0 Å². The molecule has 1 aliphatic carbocycles. The number of nitrogens with two attached hydrogens (primary N) is 1. The highest BCUT2D eigenvalue weighted by atomic mass is 16.2. The van der Waals surface area contributed by atoms with Crippen LogP contribution in [0, 0.1) is 25.7 Å². The van der Waals surface area contributed by atoms with Crippen molar-refractivity contribution in [2.45, 2.75) is 65.0 Å². The molecule has 1 aromatic rings. The normalized spacial score (nSPS) is 26.5. The van der Waals surface area contributed by atoms with Gasteiger partial charge in [-0.05, 0) is 57.9 Å². The molecule has 0 bridgehead atoms. The van der Waals surface area contributed by atoms with E-state index in [0.29, 0.717) is 11.8 Å². The lowest BCUT2D eigenvalue weighted by molar-refractivity contribution is -0.138. The molecule has 2 aliphatic rings. The van der Waals surface area contributed by atoms with Crippen molar-refractivity contribution in [3.05, 3.63) is 17.5 Å². The van der Waals surface area contributed by atoms with Gasteiger partial charge >= 0.3 is 0 Å². The van der Waals surface area contributed by atoms with Gasteiger partial charge in [-0.2, -0.15) is 5.10 Å². The second-order valence-corrected chi connectivity index (χ2v) is 7.50. The van der Waals surface area contributed by atoms with Crippen molar-refractivity contribution in [1.29, 1.82) is 0 Å². The highest BCUT2D eigenvalue weighted by Gasteiger charge is 2.31. The summed E-state index contributed by atoms with van der Waals surface area (Å²) in [7, 11) is 0. The van der Waals surface area contributed by atoms with Crippen LogP contribution in [0.3, 0.4) is 0 Å². The molecular weight excluding hydrogens is 288 g/mol. The minimum atomic E-state index is 0.173. The van der Waals surface area contributed by atoms with Crippen LogP contribution in [0.5, 0.6) is 0 Å². The van der Waals surface area contributed by atoms with E-state index in [1.807, 2.05) is 6.92 Å². The predicted octanol–water partition coefficient (Wildman–Crippen LogP) is 2.26. The van der Waals surface area contributed by atoms with Crippen LogP contribution in [0.25, 0.3) is 0 Å². The van der Waals surface area contributed by atoms with Gasteiger partial charge in [-0.1, -0.05) is 6.42 Å². The molecule has 0 aromatic carbocycles. The highest BCUT2D eigenvalue weighted by Crippen LogP contribution is 2.27. The van der Waals surface area contributed by atoms with Crippen LogP contribution in [-0.2, 0) is 11.3 Å². The lowest BCUT2D eigenvalue weighted by Crippen LogP contribution is -2.44. The van der Waals surface area contributed by atoms with Crippen molar-refractivity contribution < 1.29 is 4.79 Å². The van der Waals surface area contributed by atoms with Gasteiger partial charge in [0.1, 0.15) is 0 Å². The van der Waals surface area contributed by atoms with E-state index < -0.39 is 0 Å². The van der Waals surface area contributed by atoms with Crippen LogP contribution in [0.15, 0.2) is 6.07 Å². The van der Waals surface area contributed by atoms with Crippen molar-refractivity contribution in [1.82, 2.24) is 14.7 Å². The Balaban J connectivity index is 1.50. The van der Waals surface area contributed by atoms with Crippen molar-refractivity contribution in [2.75, 3.05) is 13.1 Å². The van der Waals surface area contributed by atoms with E-state index in [2.05, 4.69) is 27.7 Å². The average Bonchev–Trinajstić information content (AvgIpc) is 2.85. The molecule has 5 nitrogen and oxygen atoms in total. The average molecular weight is 318 g/mol. The summed E-state index contributed by atoms with van der Waals surface area (Å²) in [4.78, 5) is 14.8. The molecule has 1 aliphatic heterocycles. The zero-order chi connectivity index (χ0) is 16.4. The van der Waals surface area contributed by atoms with E-state index in [4.69, 9.17) is 5.73 Å². The summed E-state index contributed by atoms with van der Waals surface area (Å²) in [6.07, 6.45) is 6.26. The lowest BCUT2D eigenvalue weighted by Gasteiger charge is -2.36. The first-order valence-corrected chi connectivity index (χ1v) is 9.08. The van der Waals surface area contributed by atoms with Crippen LogP contribution in [0.4, 0.5) is 0 Å². The zero-order valence-corrected chi connectivity index (χ0v) is 14.5. The molecule has 0 radical (unpaired) electrons. The van der Waals surface area contributed by atoms with Gasteiger partial charge in [0.05, 0.1) is 5.69 Å². The molecule has 2 heterocycles. The van der Waals surface area contributed by atoms with Gasteiger partial charge in [-0.25, -0.2) is 0 Å². The molecule has 2 fully saturated rings. The van der Waals surface area contributed by atoms with Crippen molar-refractivity contribution >= 4 is 5.91 Å². The molecule has 23 heavy (non-hydrogen) atoms. The second kappa shape index (κ2) is 7.04. The maximum absolute atomic E-state index is 12.7. The fourth-order valence-corrected chi connectivity index (χ4v) is 4.15. The summed E-state index contributed by atoms with van der Waals surface area (Å²) >= 11 is 0. The molecular formula is C18H30N4O. The number of aryl methyl sites for hydroxylation is 2. The van der Waals surface area contributed by atoms with Gasteiger partial charge < -0.3 is 10.6 Å². The number of hydrogen-bond donors (Lipinski definition) is 1. The number of hydrogen-bond acceptors (Lipinski definition) is 3. The van der Waals surface area contributed by atoms with E-state index in [0.717, 1.165) is 63.9 Å². The van der Waals surface area contributed by atoms with Gasteiger partial charge in [0.25, 0.3) is 0 Å². The minimum Gasteiger partial charge on any atom is -0.342 e. The van der Waals surface area contributed by atoms with E-state index in [1.165, 1.54) is 5.69 Å². The van der Waals surface area contributed by atoms with Gasteiger partial charge in [0.2, 0.25) is 5.91 Å². The molecule has 3 rings (SSSR count). The molecule has 1 amide bonds. The Morgan fingerprint density at radius 1 is 1.26 bits per heavy atom. The molecule has 128 valence electrons. The SMILES string of the molecule is Cc1cc(C)n(CC2CCN(C(=O)[C@H]3CCC[C@H](N)C3)CC2)n1. The van der Waals surface area contributed by atoms with Crippen LogP contribution in [-0.4, -0.2) is 39.7 Å². The third-order valence-corrected chi connectivity index (χ3v) is 5.52. The first-order valence-electron chi connectivity index (χ1n) is 9.08. The Morgan fingerprint density at radius 3 is 2.61 bits per heavy atom. The summed E-state index contributed by atoms with van der Waals surface area (Å²) in [6.45, 7) is 6.93. The van der Waals surface area contributed by atoms with Gasteiger partial charge in [-0.15, -0.1) is 0 Å². The van der Waals surface area contributed by atoms with E-state index in [-0.39, 0.29) is 12.0 Å². The third-order valence-electron chi connectivity index (χ3n) is 5.52. The van der Waals surface area contributed by atoms with E-state index in [1.54, 1.807) is 0 Å². The number of nitrogens with zero attached hydrogens (tertiary/aromatic N) is 3. The van der Waals surface area contributed by atoms with Crippen LogP contribution in [0.2, 0.25) is 0 Å². The smallest absolute Gasteiger partial charge is 0.225 e. The Morgan fingerprint density at radius 2 is 2.00 bits per heavy atom. The zero-order valence-electron chi connectivity index (χ0n) is 14.5. The molecule has 0 spiro atoms.